The Morgan fingerprint density at radius 2 is 1.08 bits per heavy atom. The number of benzene rings is 3. The lowest BCUT2D eigenvalue weighted by Crippen LogP contribution is -2.08. The Morgan fingerprint density at radius 3 is 1.57 bits per heavy atom. The van der Waals surface area contributed by atoms with Crippen LogP contribution in [0, 0.1) is 6.92 Å². The predicted molar refractivity (Wildman–Crippen MR) is 140 cm³/mol. The summed E-state index contributed by atoms with van der Waals surface area (Å²) < 4.78 is 21.1. The van der Waals surface area contributed by atoms with Gasteiger partial charge in [-0.25, -0.2) is 9.59 Å². The number of carbonyl (C=O) groups excluding carboxylic acids is 2. The van der Waals surface area contributed by atoms with Crippen molar-refractivity contribution in [2.24, 2.45) is 10.2 Å². The number of hydrogen-bond donors (Lipinski definition) is 0. The second-order valence-electron chi connectivity index (χ2n) is 8.37. The largest absolute Gasteiger partial charge is 0.494 e. The van der Waals surface area contributed by atoms with Crippen molar-refractivity contribution < 1.29 is 28.5 Å². The summed E-state index contributed by atoms with van der Waals surface area (Å²) in [7, 11) is 2.57. The molecule has 3 aromatic rings. The van der Waals surface area contributed by atoms with Crippen LogP contribution in [0.4, 0.5) is 11.4 Å². The second kappa shape index (κ2) is 14.4. The molecule has 0 unspecified atom stereocenters. The SMILES string of the molecule is COC(=O)c1cc(OCCCCCCOc2ccc(/N=N/c3ccc(C)cc3)cc2)cc(C(=O)OC)c1. The van der Waals surface area contributed by atoms with Gasteiger partial charge in [-0.3, -0.25) is 0 Å². The highest BCUT2D eigenvalue weighted by Gasteiger charge is 2.14. The molecule has 0 saturated carbocycles. The van der Waals surface area contributed by atoms with E-state index in [1.165, 1.54) is 25.8 Å². The van der Waals surface area contributed by atoms with Crippen molar-refractivity contribution in [3.63, 3.8) is 0 Å². The zero-order valence-electron chi connectivity index (χ0n) is 21.4. The minimum atomic E-state index is -0.545. The maximum absolute atomic E-state index is 11.9. The maximum Gasteiger partial charge on any atom is 0.338 e. The van der Waals surface area contributed by atoms with Crippen molar-refractivity contribution in [3.05, 3.63) is 83.4 Å². The van der Waals surface area contributed by atoms with Crippen LogP contribution in [0.15, 0.2) is 77.0 Å². The summed E-state index contributed by atoms with van der Waals surface area (Å²) in [6.45, 7) is 3.12. The Morgan fingerprint density at radius 1 is 0.622 bits per heavy atom. The second-order valence-corrected chi connectivity index (χ2v) is 8.37. The van der Waals surface area contributed by atoms with E-state index in [0.29, 0.717) is 19.0 Å². The monoisotopic (exact) mass is 504 g/mol. The molecule has 0 spiro atoms. The fourth-order valence-corrected chi connectivity index (χ4v) is 3.43. The van der Waals surface area contributed by atoms with Gasteiger partial charge in [0.05, 0.1) is 49.9 Å². The molecule has 0 aromatic heterocycles. The molecule has 0 aliphatic carbocycles. The van der Waals surface area contributed by atoms with Crippen molar-refractivity contribution in [1.29, 1.82) is 0 Å². The van der Waals surface area contributed by atoms with E-state index in [1.807, 2.05) is 55.5 Å². The van der Waals surface area contributed by atoms with Crippen LogP contribution < -0.4 is 9.47 Å². The van der Waals surface area contributed by atoms with E-state index in [2.05, 4.69) is 10.2 Å². The zero-order valence-corrected chi connectivity index (χ0v) is 21.4. The van der Waals surface area contributed by atoms with Crippen molar-refractivity contribution >= 4 is 23.3 Å². The average molecular weight is 505 g/mol. The van der Waals surface area contributed by atoms with Crippen molar-refractivity contribution in [3.8, 4) is 11.5 Å². The normalized spacial score (nSPS) is 10.8. The Hall–Kier alpha value is -4.20. The number of aryl methyl sites for hydroxylation is 1. The molecule has 194 valence electrons. The van der Waals surface area contributed by atoms with Crippen LogP contribution in [-0.2, 0) is 9.47 Å². The molecule has 0 N–H and O–H groups in total. The number of carbonyl (C=O) groups is 2. The van der Waals surface area contributed by atoms with Gasteiger partial charge >= 0.3 is 11.9 Å². The van der Waals surface area contributed by atoms with Gasteiger partial charge < -0.3 is 18.9 Å². The van der Waals surface area contributed by atoms with Crippen LogP contribution in [0.5, 0.6) is 11.5 Å². The summed E-state index contributed by atoms with van der Waals surface area (Å²) in [6, 6.07) is 20.0. The van der Waals surface area contributed by atoms with Crippen LogP contribution >= 0.6 is 0 Å². The topological polar surface area (TPSA) is 95.8 Å². The van der Waals surface area contributed by atoms with Gasteiger partial charge in [0.1, 0.15) is 11.5 Å². The number of hydrogen-bond acceptors (Lipinski definition) is 8. The molecule has 0 aliphatic rings. The molecular formula is C29H32N2O6. The molecule has 0 atom stereocenters. The number of rotatable bonds is 13. The van der Waals surface area contributed by atoms with E-state index in [0.717, 1.165) is 42.8 Å². The van der Waals surface area contributed by atoms with Crippen LogP contribution in [0.3, 0.4) is 0 Å². The molecule has 3 rings (SSSR count). The van der Waals surface area contributed by atoms with Gasteiger partial charge in [0.15, 0.2) is 0 Å². The Kier molecular flexibility index (Phi) is 10.6. The van der Waals surface area contributed by atoms with E-state index in [9.17, 15) is 9.59 Å². The van der Waals surface area contributed by atoms with E-state index >= 15 is 0 Å². The molecule has 0 saturated heterocycles. The highest BCUT2D eigenvalue weighted by molar-refractivity contribution is 5.96. The smallest absolute Gasteiger partial charge is 0.338 e. The standard InChI is InChI=1S/C29H32N2O6/c1-21-8-10-24(11-9-21)30-31-25-12-14-26(15-13-25)36-16-6-4-5-7-17-37-27-19-22(28(32)34-2)18-23(20-27)29(33)35-3/h8-15,18-20H,4-7,16-17H2,1-3H3/b31-30+. The van der Waals surface area contributed by atoms with Crippen LogP contribution in [0.25, 0.3) is 0 Å². The third kappa shape index (κ3) is 9.07. The first-order valence-electron chi connectivity index (χ1n) is 12.1. The van der Waals surface area contributed by atoms with Crippen molar-refractivity contribution in [2.75, 3.05) is 27.4 Å². The zero-order chi connectivity index (χ0) is 26.5. The number of unbranched alkanes of at least 4 members (excludes halogenated alkanes) is 3. The highest BCUT2D eigenvalue weighted by Crippen LogP contribution is 2.22. The summed E-state index contributed by atoms with van der Waals surface area (Å²) >= 11 is 0. The first-order valence-corrected chi connectivity index (χ1v) is 12.1. The van der Waals surface area contributed by atoms with Crippen LogP contribution in [0.1, 0.15) is 52.0 Å². The Balaban J connectivity index is 1.34. The Labute approximate surface area is 217 Å². The lowest BCUT2D eigenvalue weighted by molar-refractivity contribution is 0.0598. The summed E-state index contributed by atoms with van der Waals surface area (Å²) in [5.41, 5.74) is 3.24. The third-order valence-corrected chi connectivity index (χ3v) is 5.48. The summed E-state index contributed by atoms with van der Waals surface area (Å²) in [5, 5.41) is 8.50. The van der Waals surface area contributed by atoms with Gasteiger partial charge in [-0.15, -0.1) is 0 Å². The predicted octanol–water partition coefficient (Wildman–Crippen LogP) is 7.00. The van der Waals surface area contributed by atoms with Gasteiger partial charge in [0.2, 0.25) is 0 Å². The van der Waals surface area contributed by atoms with Crippen molar-refractivity contribution in [2.45, 2.75) is 32.6 Å². The number of esters is 2. The quantitative estimate of drug-likeness (QED) is 0.141. The van der Waals surface area contributed by atoms with E-state index in [4.69, 9.17) is 18.9 Å². The highest BCUT2D eigenvalue weighted by atomic mass is 16.5. The van der Waals surface area contributed by atoms with Gasteiger partial charge in [-0.1, -0.05) is 17.7 Å². The van der Waals surface area contributed by atoms with Crippen molar-refractivity contribution in [1.82, 2.24) is 0 Å². The molecule has 0 aliphatic heterocycles. The van der Waals surface area contributed by atoms with Crippen LogP contribution in [-0.4, -0.2) is 39.4 Å². The minimum Gasteiger partial charge on any atom is -0.494 e. The number of nitrogens with zero attached hydrogens (tertiary/aromatic N) is 2. The van der Waals surface area contributed by atoms with Gasteiger partial charge in [-0.05, 0) is 87.2 Å². The Bertz CT molecular complexity index is 1160. The van der Waals surface area contributed by atoms with Gasteiger partial charge in [-0.2, -0.15) is 10.2 Å². The first kappa shape index (κ1) is 27.4. The summed E-state index contributed by atoms with van der Waals surface area (Å²) in [6.07, 6.45) is 3.69. The number of azo groups is 1. The van der Waals surface area contributed by atoms with Crippen LogP contribution in [0.2, 0.25) is 0 Å². The number of methoxy groups -OCH3 is 2. The number of ether oxygens (including phenoxy) is 4. The van der Waals surface area contributed by atoms with E-state index in [-0.39, 0.29) is 11.1 Å². The molecule has 0 radical (unpaired) electrons. The molecule has 0 heterocycles. The molecule has 37 heavy (non-hydrogen) atoms. The molecule has 0 fully saturated rings. The fourth-order valence-electron chi connectivity index (χ4n) is 3.43. The lowest BCUT2D eigenvalue weighted by Gasteiger charge is -2.10. The lowest BCUT2D eigenvalue weighted by atomic mass is 10.1. The molecule has 0 bridgehead atoms. The fraction of sp³-hybridized carbons (Fsp3) is 0.310. The molecule has 3 aromatic carbocycles. The van der Waals surface area contributed by atoms with E-state index in [1.54, 1.807) is 12.1 Å². The van der Waals surface area contributed by atoms with Gasteiger partial charge in [0, 0.05) is 0 Å². The molecular weight excluding hydrogens is 472 g/mol. The average Bonchev–Trinajstić information content (AvgIpc) is 2.93. The third-order valence-electron chi connectivity index (χ3n) is 5.48. The maximum atomic E-state index is 11.9. The van der Waals surface area contributed by atoms with E-state index < -0.39 is 11.9 Å². The summed E-state index contributed by atoms with van der Waals surface area (Å²) in [4.78, 5) is 23.7. The molecule has 8 heteroatoms. The first-order chi connectivity index (χ1) is 18.0. The molecule has 8 nitrogen and oxygen atoms in total. The molecule has 0 amide bonds. The minimum absolute atomic E-state index is 0.236. The summed E-state index contributed by atoms with van der Waals surface area (Å²) in [5.74, 6) is 0.131. The van der Waals surface area contributed by atoms with Gasteiger partial charge in [0.25, 0.3) is 0 Å².